The molecule has 0 aromatic heterocycles. The second-order valence-electron chi connectivity index (χ2n) is 8.03. The standard InChI is InChI=1S/C29H31ClN2P2/c30-24-29(32-23-13-22-31,33(25-14-5-1-6-15-25)26-16-7-2-8-17-26)34(27-18-9-3-10-19-27)28-20-11-4-12-21-28/h1-12,14-21,32H,13,22-24,31H2. The van der Waals surface area contributed by atoms with Gasteiger partial charge in [0.15, 0.2) is 0 Å². The van der Waals surface area contributed by atoms with Crippen molar-refractivity contribution in [3.05, 3.63) is 121 Å². The summed E-state index contributed by atoms with van der Waals surface area (Å²) in [5.41, 5.74) is 5.93. The first kappa shape index (κ1) is 25.1. The lowest BCUT2D eigenvalue weighted by Crippen LogP contribution is -2.52. The van der Waals surface area contributed by atoms with Crippen molar-refractivity contribution in [2.75, 3.05) is 19.0 Å². The molecule has 0 heterocycles. The molecule has 4 aromatic carbocycles. The molecule has 4 aromatic rings. The Morgan fingerprint density at radius 3 is 1.18 bits per heavy atom. The zero-order valence-electron chi connectivity index (χ0n) is 19.2. The third kappa shape index (κ3) is 5.60. The summed E-state index contributed by atoms with van der Waals surface area (Å²) < 4.78 is 0. The molecule has 3 N–H and O–H groups in total. The van der Waals surface area contributed by atoms with E-state index >= 15 is 0 Å². The van der Waals surface area contributed by atoms with Crippen molar-refractivity contribution in [1.29, 1.82) is 0 Å². The lowest BCUT2D eigenvalue weighted by Gasteiger charge is -2.47. The van der Waals surface area contributed by atoms with Crippen molar-refractivity contribution in [3.8, 4) is 0 Å². The van der Waals surface area contributed by atoms with Crippen LogP contribution in [-0.4, -0.2) is 24.0 Å². The zero-order valence-corrected chi connectivity index (χ0v) is 21.8. The summed E-state index contributed by atoms with van der Waals surface area (Å²) in [5, 5.41) is 8.95. The van der Waals surface area contributed by atoms with Gasteiger partial charge in [0.05, 0.1) is 5.02 Å². The minimum atomic E-state index is -0.857. The van der Waals surface area contributed by atoms with Crippen LogP contribution in [0.15, 0.2) is 121 Å². The van der Waals surface area contributed by atoms with E-state index in [-0.39, 0.29) is 5.02 Å². The van der Waals surface area contributed by atoms with E-state index in [0.29, 0.717) is 12.4 Å². The molecule has 0 saturated heterocycles. The van der Waals surface area contributed by atoms with Crippen LogP contribution in [0.1, 0.15) is 6.42 Å². The van der Waals surface area contributed by atoms with E-state index in [1.807, 2.05) is 0 Å². The van der Waals surface area contributed by atoms with Gasteiger partial charge in [0, 0.05) is 5.88 Å². The molecule has 0 spiro atoms. The molecule has 0 atom stereocenters. The number of benzene rings is 4. The van der Waals surface area contributed by atoms with Crippen LogP contribution in [0.3, 0.4) is 0 Å². The van der Waals surface area contributed by atoms with Gasteiger partial charge >= 0.3 is 0 Å². The van der Waals surface area contributed by atoms with Crippen LogP contribution in [0.5, 0.6) is 0 Å². The molecule has 0 amide bonds. The number of hydrogen-bond acceptors (Lipinski definition) is 2. The first-order valence-corrected chi connectivity index (χ1v) is 14.8. The Hall–Kier alpha value is -2.05. The average Bonchev–Trinajstić information content (AvgIpc) is 2.91. The maximum absolute atomic E-state index is 7.13. The van der Waals surface area contributed by atoms with Crippen molar-refractivity contribution in [1.82, 2.24) is 5.32 Å². The van der Waals surface area contributed by atoms with Crippen molar-refractivity contribution < 1.29 is 0 Å². The van der Waals surface area contributed by atoms with Gasteiger partial charge in [0.25, 0.3) is 0 Å². The highest BCUT2D eigenvalue weighted by Gasteiger charge is 2.47. The molecule has 174 valence electrons. The average molecular weight is 505 g/mol. The SMILES string of the molecule is NCCCNC(CCl)(P(c1ccccc1)c1ccccc1)P(c1ccccc1)c1ccccc1. The van der Waals surface area contributed by atoms with Gasteiger partial charge in [-0.2, -0.15) is 0 Å². The largest absolute Gasteiger partial charge is 0.330 e. The molecule has 0 bridgehead atoms. The normalized spacial score (nSPS) is 11.8. The van der Waals surface area contributed by atoms with Gasteiger partial charge < -0.3 is 11.1 Å². The van der Waals surface area contributed by atoms with E-state index in [1.54, 1.807) is 0 Å². The summed E-state index contributed by atoms with van der Waals surface area (Å²) in [7, 11) is -1.71. The van der Waals surface area contributed by atoms with Crippen LogP contribution < -0.4 is 32.3 Å². The van der Waals surface area contributed by atoms with Crippen LogP contribution in [0, 0.1) is 0 Å². The summed E-state index contributed by atoms with van der Waals surface area (Å²) in [6.45, 7) is 1.47. The lowest BCUT2D eigenvalue weighted by molar-refractivity contribution is 0.617. The number of rotatable bonds is 11. The third-order valence-corrected chi connectivity index (χ3v) is 13.1. The van der Waals surface area contributed by atoms with Gasteiger partial charge in [-0.25, -0.2) is 0 Å². The highest BCUT2D eigenvalue weighted by molar-refractivity contribution is 7.91. The Kier molecular flexibility index (Phi) is 9.28. The van der Waals surface area contributed by atoms with Gasteiger partial charge in [-0.15, -0.1) is 11.6 Å². The molecule has 2 nitrogen and oxygen atoms in total. The minimum Gasteiger partial charge on any atom is -0.330 e. The van der Waals surface area contributed by atoms with E-state index < -0.39 is 15.8 Å². The smallest absolute Gasteiger partial charge is 0.0879 e. The van der Waals surface area contributed by atoms with E-state index in [0.717, 1.165) is 13.0 Å². The fraction of sp³-hybridized carbons (Fsp3) is 0.172. The fourth-order valence-electron chi connectivity index (χ4n) is 4.28. The van der Waals surface area contributed by atoms with Crippen LogP contribution in [0.2, 0.25) is 0 Å². The summed E-state index contributed by atoms with van der Waals surface area (Å²) in [6, 6.07) is 43.5. The number of alkyl halides is 1. The Morgan fingerprint density at radius 1 is 0.588 bits per heavy atom. The molecule has 0 aliphatic heterocycles. The van der Waals surface area contributed by atoms with Gasteiger partial charge in [-0.3, -0.25) is 0 Å². The van der Waals surface area contributed by atoms with Crippen molar-refractivity contribution in [3.63, 3.8) is 0 Å². The fourth-order valence-corrected chi connectivity index (χ4v) is 12.2. The number of halogens is 1. The number of nitrogens with two attached hydrogens (primary N) is 1. The molecular weight excluding hydrogens is 474 g/mol. The molecule has 34 heavy (non-hydrogen) atoms. The molecule has 0 saturated carbocycles. The van der Waals surface area contributed by atoms with Crippen molar-refractivity contribution in [2.45, 2.75) is 11.4 Å². The molecule has 0 aliphatic carbocycles. The molecule has 0 unspecified atom stereocenters. The second-order valence-corrected chi connectivity index (χ2v) is 13.6. The quantitative estimate of drug-likeness (QED) is 0.170. The zero-order chi connectivity index (χ0) is 23.6. The van der Waals surface area contributed by atoms with Crippen LogP contribution >= 0.6 is 27.4 Å². The maximum atomic E-state index is 7.13. The van der Waals surface area contributed by atoms with Crippen molar-refractivity contribution in [2.24, 2.45) is 5.73 Å². The predicted octanol–water partition coefficient (Wildman–Crippen LogP) is 5.08. The molecule has 5 heteroatoms. The maximum Gasteiger partial charge on any atom is 0.0879 e. The highest BCUT2D eigenvalue weighted by Crippen LogP contribution is 2.63. The van der Waals surface area contributed by atoms with Crippen LogP contribution in [0.25, 0.3) is 0 Å². The van der Waals surface area contributed by atoms with E-state index in [2.05, 4.69) is 127 Å². The Bertz CT molecular complexity index is 950. The Morgan fingerprint density at radius 2 is 0.912 bits per heavy atom. The van der Waals surface area contributed by atoms with E-state index in [1.165, 1.54) is 21.2 Å². The molecule has 0 aliphatic rings. The summed E-state index contributed by atoms with van der Waals surface area (Å²) in [5.74, 6) is 0.489. The molecule has 4 rings (SSSR count). The summed E-state index contributed by atoms with van der Waals surface area (Å²) in [6.07, 6.45) is 0.901. The Labute approximate surface area is 211 Å². The van der Waals surface area contributed by atoms with E-state index in [4.69, 9.17) is 17.3 Å². The predicted molar refractivity (Wildman–Crippen MR) is 153 cm³/mol. The highest BCUT2D eigenvalue weighted by atomic mass is 35.5. The monoisotopic (exact) mass is 504 g/mol. The summed E-state index contributed by atoms with van der Waals surface area (Å²) >= 11 is 7.13. The lowest BCUT2D eigenvalue weighted by atomic mass is 10.4. The minimum absolute atomic E-state index is 0.368. The van der Waals surface area contributed by atoms with Gasteiger partial charge in [-0.1, -0.05) is 121 Å². The third-order valence-electron chi connectivity index (χ3n) is 5.77. The Balaban J connectivity index is 2.00. The number of nitrogens with one attached hydrogen (secondary N) is 1. The topological polar surface area (TPSA) is 38.0 Å². The molecular formula is C29H31ClN2P2. The van der Waals surface area contributed by atoms with Crippen LogP contribution in [0.4, 0.5) is 0 Å². The summed E-state index contributed by atoms with van der Waals surface area (Å²) in [4.78, 5) is 0. The van der Waals surface area contributed by atoms with Crippen molar-refractivity contribution >= 4 is 48.7 Å². The van der Waals surface area contributed by atoms with Gasteiger partial charge in [0.1, 0.15) is 0 Å². The second kappa shape index (κ2) is 12.6. The first-order valence-electron chi connectivity index (χ1n) is 11.6. The molecule has 0 radical (unpaired) electrons. The van der Waals surface area contributed by atoms with Gasteiger partial charge in [-0.05, 0) is 56.6 Å². The first-order chi connectivity index (χ1) is 16.8. The number of hydrogen-bond donors (Lipinski definition) is 2. The van der Waals surface area contributed by atoms with Gasteiger partial charge in [0.2, 0.25) is 0 Å². The van der Waals surface area contributed by atoms with Crippen LogP contribution in [-0.2, 0) is 0 Å². The van der Waals surface area contributed by atoms with E-state index in [9.17, 15) is 0 Å². The molecule has 0 fully saturated rings.